The SMILES string of the molecule is CNc1cccc(CSC(C)C(C)C)n1. The molecular formula is C12H20N2S. The van der Waals surface area contributed by atoms with Crippen molar-refractivity contribution in [3.63, 3.8) is 0 Å². The first kappa shape index (κ1) is 12.4. The molecule has 2 nitrogen and oxygen atoms in total. The van der Waals surface area contributed by atoms with Crippen molar-refractivity contribution in [1.82, 2.24) is 4.98 Å². The molecule has 3 heteroatoms. The van der Waals surface area contributed by atoms with Crippen molar-refractivity contribution in [2.75, 3.05) is 12.4 Å². The van der Waals surface area contributed by atoms with Gasteiger partial charge in [0.05, 0.1) is 5.69 Å². The van der Waals surface area contributed by atoms with E-state index < -0.39 is 0 Å². The van der Waals surface area contributed by atoms with Gasteiger partial charge in [0.25, 0.3) is 0 Å². The molecule has 0 radical (unpaired) electrons. The van der Waals surface area contributed by atoms with Crippen molar-refractivity contribution < 1.29 is 0 Å². The molecule has 0 fully saturated rings. The van der Waals surface area contributed by atoms with Crippen LogP contribution < -0.4 is 5.32 Å². The molecule has 1 heterocycles. The molecule has 0 aromatic carbocycles. The van der Waals surface area contributed by atoms with Crippen LogP contribution in [0.4, 0.5) is 5.82 Å². The third-order valence-electron chi connectivity index (χ3n) is 2.50. The Morgan fingerprint density at radius 3 is 2.67 bits per heavy atom. The minimum atomic E-state index is 0.685. The lowest BCUT2D eigenvalue weighted by molar-refractivity contribution is 0.642. The van der Waals surface area contributed by atoms with Crippen LogP contribution in [0.5, 0.6) is 0 Å². The average Bonchev–Trinajstić information content (AvgIpc) is 2.26. The van der Waals surface area contributed by atoms with Crippen molar-refractivity contribution >= 4 is 17.6 Å². The van der Waals surface area contributed by atoms with Crippen molar-refractivity contribution in [3.8, 4) is 0 Å². The summed E-state index contributed by atoms with van der Waals surface area (Å²) in [6, 6.07) is 6.12. The van der Waals surface area contributed by atoms with Gasteiger partial charge >= 0.3 is 0 Å². The number of rotatable bonds is 5. The highest BCUT2D eigenvalue weighted by Gasteiger charge is 2.07. The maximum absolute atomic E-state index is 4.49. The zero-order valence-corrected chi connectivity index (χ0v) is 10.8. The van der Waals surface area contributed by atoms with Gasteiger partial charge < -0.3 is 5.32 Å². The summed E-state index contributed by atoms with van der Waals surface area (Å²) < 4.78 is 0. The van der Waals surface area contributed by atoms with Gasteiger partial charge in [0, 0.05) is 18.1 Å². The summed E-state index contributed by atoms with van der Waals surface area (Å²) in [5.74, 6) is 2.67. The van der Waals surface area contributed by atoms with E-state index in [1.807, 2.05) is 24.9 Å². The molecule has 15 heavy (non-hydrogen) atoms. The van der Waals surface area contributed by atoms with Gasteiger partial charge in [0.2, 0.25) is 0 Å². The van der Waals surface area contributed by atoms with Crippen molar-refractivity contribution in [2.24, 2.45) is 5.92 Å². The molecule has 1 rings (SSSR count). The Morgan fingerprint density at radius 2 is 2.07 bits per heavy atom. The Morgan fingerprint density at radius 1 is 1.33 bits per heavy atom. The van der Waals surface area contributed by atoms with E-state index in [0.29, 0.717) is 5.25 Å². The van der Waals surface area contributed by atoms with Crippen LogP contribution in [0.1, 0.15) is 26.5 Å². The van der Waals surface area contributed by atoms with Gasteiger partial charge in [0.1, 0.15) is 5.82 Å². The number of thioether (sulfide) groups is 1. The summed E-state index contributed by atoms with van der Waals surface area (Å²) in [5.41, 5.74) is 1.15. The first-order valence-electron chi connectivity index (χ1n) is 5.38. The van der Waals surface area contributed by atoms with Crippen LogP contribution in [-0.2, 0) is 5.75 Å². The molecule has 1 aromatic rings. The second-order valence-corrected chi connectivity index (χ2v) is 5.39. The molecule has 0 spiro atoms. The summed E-state index contributed by atoms with van der Waals surface area (Å²) in [6.45, 7) is 6.79. The number of pyridine rings is 1. The Labute approximate surface area is 96.9 Å². The van der Waals surface area contributed by atoms with E-state index in [1.54, 1.807) is 0 Å². The van der Waals surface area contributed by atoms with Gasteiger partial charge in [-0.2, -0.15) is 11.8 Å². The van der Waals surface area contributed by atoms with Crippen LogP contribution in [0.2, 0.25) is 0 Å². The molecule has 1 N–H and O–H groups in total. The van der Waals surface area contributed by atoms with E-state index >= 15 is 0 Å². The van der Waals surface area contributed by atoms with Gasteiger partial charge in [-0.05, 0) is 18.1 Å². The number of hydrogen-bond acceptors (Lipinski definition) is 3. The Bertz CT molecular complexity index is 299. The molecule has 1 atom stereocenters. The fourth-order valence-corrected chi connectivity index (χ4v) is 2.09. The van der Waals surface area contributed by atoms with Gasteiger partial charge in [-0.15, -0.1) is 0 Å². The molecule has 0 aliphatic rings. The van der Waals surface area contributed by atoms with E-state index in [2.05, 4.69) is 43.2 Å². The summed E-state index contributed by atoms with van der Waals surface area (Å²) in [4.78, 5) is 4.49. The average molecular weight is 224 g/mol. The summed E-state index contributed by atoms with van der Waals surface area (Å²) in [6.07, 6.45) is 0. The van der Waals surface area contributed by atoms with Gasteiger partial charge in [-0.1, -0.05) is 26.8 Å². The first-order valence-corrected chi connectivity index (χ1v) is 6.43. The molecule has 0 saturated heterocycles. The van der Waals surface area contributed by atoms with Crippen LogP contribution in [0.15, 0.2) is 18.2 Å². The van der Waals surface area contributed by atoms with Crippen LogP contribution >= 0.6 is 11.8 Å². The zero-order chi connectivity index (χ0) is 11.3. The van der Waals surface area contributed by atoms with Gasteiger partial charge in [0.15, 0.2) is 0 Å². The van der Waals surface area contributed by atoms with Crippen molar-refractivity contribution in [2.45, 2.75) is 31.8 Å². The highest BCUT2D eigenvalue weighted by atomic mass is 32.2. The summed E-state index contributed by atoms with van der Waals surface area (Å²) in [7, 11) is 1.90. The molecule has 0 amide bonds. The van der Waals surface area contributed by atoms with E-state index in [0.717, 1.165) is 23.2 Å². The lowest BCUT2D eigenvalue weighted by Crippen LogP contribution is -2.06. The largest absolute Gasteiger partial charge is 0.373 e. The fourth-order valence-electron chi connectivity index (χ4n) is 1.11. The monoisotopic (exact) mass is 224 g/mol. The predicted molar refractivity (Wildman–Crippen MR) is 69.4 cm³/mol. The predicted octanol–water partition coefficient (Wildman–Crippen LogP) is 3.40. The Hall–Kier alpha value is -0.700. The summed E-state index contributed by atoms with van der Waals surface area (Å²) >= 11 is 1.97. The quantitative estimate of drug-likeness (QED) is 0.829. The van der Waals surface area contributed by atoms with Crippen molar-refractivity contribution in [3.05, 3.63) is 23.9 Å². The number of aromatic nitrogens is 1. The Kier molecular flexibility index (Phi) is 4.95. The second kappa shape index (κ2) is 6.01. The van der Waals surface area contributed by atoms with Crippen LogP contribution in [0.25, 0.3) is 0 Å². The van der Waals surface area contributed by atoms with Gasteiger partial charge in [-0.25, -0.2) is 4.98 Å². The maximum Gasteiger partial charge on any atom is 0.125 e. The highest BCUT2D eigenvalue weighted by Crippen LogP contribution is 2.22. The number of anilines is 1. The van der Waals surface area contributed by atoms with E-state index in [4.69, 9.17) is 0 Å². The normalized spacial score (nSPS) is 12.9. The van der Waals surface area contributed by atoms with E-state index in [-0.39, 0.29) is 0 Å². The number of nitrogens with zero attached hydrogens (tertiary/aromatic N) is 1. The third kappa shape index (κ3) is 4.12. The number of hydrogen-bond donors (Lipinski definition) is 1. The third-order valence-corrected chi connectivity index (χ3v) is 4.03. The first-order chi connectivity index (χ1) is 7.13. The number of nitrogens with one attached hydrogen (secondary N) is 1. The lowest BCUT2D eigenvalue weighted by atomic mass is 10.2. The second-order valence-electron chi connectivity index (χ2n) is 4.02. The molecule has 1 aromatic heterocycles. The summed E-state index contributed by atoms with van der Waals surface area (Å²) in [5, 5.41) is 3.74. The van der Waals surface area contributed by atoms with Gasteiger partial charge in [-0.3, -0.25) is 0 Å². The fraction of sp³-hybridized carbons (Fsp3) is 0.583. The zero-order valence-electron chi connectivity index (χ0n) is 9.95. The van der Waals surface area contributed by atoms with E-state index in [1.165, 1.54) is 0 Å². The van der Waals surface area contributed by atoms with Crippen molar-refractivity contribution in [1.29, 1.82) is 0 Å². The van der Waals surface area contributed by atoms with Crippen LogP contribution in [0, 0.1) is 5.92 Å². The molecule has 1 unspecified atom stereocenters. The molecule has 0 aliphatic heterocycles. The minimum absolute atomic E-state index is 0.685. The van der Waals surface area contributed by atoms with Crippen LogP contribution in [0.3, 0.4) is 0 Å². The topological polar surface area (TPSA) is 24.9 Å². The smallest absolute Gasteiger partial charge is 0.125 e. The lowest BCUT2D eigenvalue weighted by Gasteiger charge is -2.14. The molecule has 84 valence electrons. The molecular weight excluding hydrogens is 204 g/mol. The molecule has 0 aliphatic carbocycles. The maximum atomic E-state index is 4.49. The van der Waals surface area contributed by atoms with E-state index in [9.17, 15) is 0 Å². The molecule has 0 bridgehead atoms. The standard InChI is InChI=1S/C12H20N2S/c1-9(2)10(3)15-8-11-6-5-7-12(13-4)14-11/h5-7,9-10H,8H2,1-4H3,(H,13,14). The highest BCUT2D eigenvalue weighted by molar-refractivity contribution is 7.99. The van der Waals surface area contributed by atoms with Crippen LogP contribution in [-0.4, -0.2) is 17.3 Å². The minimum Gasteiger partial charge on any atom is -0.373 e. The molecule has 0 saturated carbocycles. The Balaban J connectivity index is 2.50.